The van der Waals surface area contributed by atoms with Gasteiger partial charge < -0.3 is 15.0 Å². The molecule has 1 N–H and O–H groups in total. The molecule has 0 spiro atoms. The van der Waals surface area contributed by atoms with E-state index in [4.69, 9.17) is 4.74 Å². The lowest BCUT2D eigenvalue weighted by molar-refractivity contribution is -0.158. The maximum absolute atomic E-state index is 13.6. The van der Waals surface area contributed by atoms with Crippen molar-refractivity contribution in [3.8, 4) is 0 Å². The molecule has 184 valence electrons. The summed E-state index contributed by atoms with van der Waals surface area (Å²) in [5.41, 5.74) is 1.41. The van der Waals surface area contributed by atoms with Crippen molar-refractivity contribution in [2.24, 2.45) is 11.8 Å². The van der Waals surface area contributed by atoms with Crippen molar-refractivity contribution < 1.29 is 23.9 Å². The zero-order valence-corrected chi connectivity index (χ0v) is 20.6. The largest absolute Gasteiger partial charge is 0.461 e. The number of carbonyl (C=O) groups is 4. The first kappa shape index (κ1) is 25.7. The van der Waals surface area contributed by atoms with E-state index in [1.54, 1.807) is 13.8 Å². The Morgan fingerprint density at radius 1 is 1.00 bits per heavy atom. The molecule has 0 radical (unpaired) electrons. The van der Waals surface area contributed by atoms with Crippen molar-refractivity contribution in [3.63, 3.8) is 0 Å². The van der Waals surface area contributed by atoms with E-state index in [2.05, 4.69) is 5.32 Å². The predicted molar refractivity (Wildman–Crippen MR) is 129 cm³/mol. The molecule has 0 bridgehead atoms. The number of ether oxygens (including phenoxy) is 1. The molecule has 1 saturated heterocycles. The third-order valence-corrected chi connectivity index (χ3v) is 6.76. The van der Waals surface area contributed by atoms with E-state index in [1.165, 1.54) is 4.90 Å². The van der Waals surface area contributed by atoms with Crippen LogP contribution in [0.5, 0.6) is 0 Å². The van der Waals surface area contributed by atoms with Gasteiger partial charge in [-0.1, -0.05) is 43.3 Å². The molecule has 7 heteroatoms. The van der Waals surface area contributed by atoms with Crippen molar-refractivity contribution >= 4 is 23.6 Å². The summed E-state index contributed by atoms with van der Waals surface area (Å²) < 4.78 is 5.69. The number of allylic oxidation sites excluding steroid dienone is 2. The van der Waals surface area contributed by atoms with E-state index in [9.17, 15) is 19.2 Å². The lowest BCUT2D eigenvalue weighted by Gasteiger charge is -2.30. The van der Waals surface area contributed by atoms with Gasteiger partial charge in [0.15, 0.2) is 5.78 Å². The molecule has 3 rings (SSSR count). The Labute approximate surface area is 201 Å². The van der Waals surface area contributed by atoms with Crippen LogP contribution in [0, 0.1) is 11.8 Å². The van der Waals surface area contributed by atoms with E-state index in [0.29, 0.717) is 31.4 Å². The van der Waals surface area contributed by atoms with Crippen molar-refractivity contribution in [1.82, 2.24) is 10.2 Å². The van der Waals surface area contributed by atoms with Crippen LogP contribution in [-0.2, 0) is 30.3 Å². The number of fused-ring (bicyclic) bond motifs is 1. The Morgan fingerprint density at radius 2 is 1.71 bits per heavy atom. The summed E-state index contributed by atoms with van der Waals surface area (Å²) in [6.45, 7) is 7.59. The highest BCUT2D eigenvalue weighted by molar-refractivity contribution is 6.09. The van der Waals surface area contributed by atoms with Gasteiger partial charge in [-0.05, 0) is 63.5 Å². The standard InChI is InChI=1S/C27H36N2O5/c1-17-12-13-19(3)34-27(33)23-11-8-14-29(23)26(32)22(16-21-9-6-5-7-10-21)28-25(31)20(4)24(30)18(2)15-17/h5-7,9-10,15,17,19-20,22-23H,8,11-14,16H2,1-4H3,(H,28,31). The molecule has 2 amide bonds. The van der Waals surface area contributed by atoms with Gasteiger partial charge in [-0.2, -0.15) is 0 Å². The second-order valence-corrected chi connectivity index (χ2v) is 9.68. The third-order valence-electron chi connectivity index (χ3n) is 6.76. The zero-order valence-electron chi connectivity index (χ0n) is 20.6. The van der Waals surface area contributed by atoms with Crippen LogP contribution in [0.25, 0.3) is 0 Å². The molecule has 2 aliphatic rings. The van der Waals surface area contributed by atoms with Gasteiger partial charge in [-0.25, -0.2) is 4.79 Å². The lowest BCUT2D eigenvalue weighted by Crippen LogP contribution is -2.54. The summed E-state index contributed by atoms with van der Waals surface area (Å²) in [4.78, 5) is 54.1. The summed E-state index contributed by atoms with van der Waals surface area (Å²) in [5, 5.41) is 2.81. The average molecular weight is 469 g/mol. The average Bonchev–Trinajstić information content (AvgIpc) is 3.31. The molecule has 5 atom stereocenters. The van der Waals surface area contributed by atoms with Crippen LogP contribution in [0.4, 0.5) is 0 Å². The Morgan fingerprint density at radius 3 is 2.41 bits per heavy atom. The number of esters is 1. The maximum Gasteiger partial charge on any atom is 0.329 e. The SMILES string of the molecule is CC1=CC(C)CCC(C)OC(=O)C2CCCN2C(=O)C(Cc2ccccc2)NC(=O)C(C)C1=O. The van der Waals surface area contributed by atoms with Crippen LogP contribution in [0.3, 0.4) is 0 Å². The number of nitrogens with one attached hydrogen (secondary N) is 1. The minimum atomic E-state index is -0.916. The van der Waals surface area contributed by atoms with Crippen LogP contribution in [-0.4, -0.2) is 53.2 Å². The first-order valence-electron chi connectivity index (χ1n) is 12.2. The van der Waals surface area contributed by atoms with E-state index >= 15 is 0 Å². The summed E-state index contributed by atoms with van der Waals surface area (Å²) in [6.07, 6.45) is 4.48. The van der Waals surface area contributed by atoms with Crippen molar-refractivity contribution in [2.45, 2.75) is 78.0 Å². The summed E-state index contributed by atoms with van der Waals surface area (Å²) >= 11 is 0. The summed E-state index contributed by atoms with van der Waals surface area (Å²) in [6, 6.07) is 7.86. The second kappa shape index (κ2) is 11.4. The number of carbonyl (C=O) groups excluding carboxylic acids is 4. The fourth-order valence-corrected chi connectivity index (χ4v) is 4.71. The molecule has 0 aliphatic carbocycles. The third kappa shape index (κ3) is 6.33. The van der Waals surface area contributed by atoms with Gasteiger partial charge in [-0.15, -0.1) is 0 Å². The predicted octanol–water partition coefficient (Wildman–Crippen LogP) is 3.22. The Kier molecular flexibility index (Phi) is 8.64. The van der Waals surface area contributed by atoms with E-state index < -0.39 is 29.9 Å². The Hall–Kier alpha value is -2.96. The number of hydrogen-bond donors (Lipinski definition) is 1. The first-order valence-corrected chi connectivity index (χ1v) is 12.2. The first-order chi connectivity index (χ1) is 16.2. The normalized spacial score (nSPS) is 29.8. The second-order valence-electron chi connectivity index (χ2n) is 9.68. The molecule has 1 aromatic carbocycles. The minimum absolute atomic E-state index is 0.101. The molecule has 2 heterocycles. The van der Waals surface area contributed by atoms with Gasteiger partial charge >= 0.3 is 5.97 Å². The van der Waals surface area contributed by atoms with Crippen molar-refractivity contribution in [3.05, 3.63) is 47.5 Å². The van der Waals surface area contributed by atoms with E-state index in [0.717, 1.165) is 12.0 Å². The van der Waals surface area contributed by atoms with Crippen LogP contribution in [0.2, 0.25) is 0 Å². The van der Waals surface area contributed by atoms with Crippen LogP contribution in [0.15, 0.2) is 42.0 Å². The van der Waals surface area contributed by atoms with Crippen molar-refractivity contribution in [2.75, 3.05) is 6.54 Å². The zero-order chi connectivity index (χ0) is 24.8. The molecule has 5 unspecified atom stereocenters. The quantitative estimate of drug-likeness (QED) is 0.531. The molecule has 0 saturated carbocycles. The number of Topliss-reactive ketones (excluding diaryl/α,β-unsaturated/α-hetero) is 1. The van der Waals surface area contributed by atoms with E-state index in [-0.39, 0.29) is 30.1 Å². The van der Waals surface area contributed by atoms with Crippen LogP contribution in [0.1, 0.15) is 58.9 Å². The minimum Gasteiger partial charge on any atom is -0.461 e. The molecule has 1 fully saturated rings. The van der Waals surface area contributed by atoms with Gasteiger partial charge in [-0.3, -0.25) is 14.4 Å². The molecule has 7 nitrogen and oxygen atoms in total. The fourth-order valence-electron chi connectivity index (χ4n) is 4.71. The van der Waals surface area contributed by atoms with Crippen molar-refractivity contribution in [1.29, 1.82) is 0 Å². The molecular formula is C27H36N2O5. The number of ketones is 1. The molecule has 0 aromatic heterocycles. The monoisotopic (exact) mass is 468 g/mol. The van der Waals surface area contributed by atoms with Gasteiger partial charge in [0.1, 0.15) is 12.1 Å². The number of cyclic esters (lactones) is 1. The van der Waals surface area contributed by atoms with E-state index in [1.807, 2.05) is 50.3 Å². The molecular weight excluding hydrogens is 432 g/mol. The molecule has 34 heavy (non-hydrogen) atoms. The number of hydrogen-bond acceptors (Lipinski definition) is 5. The Balaban J connectivity index is 1.93. The highest BCUT2D eigenvalue weighted by Gasteiger charge is 2.39. The number of rotatable bonds is 2. The smallest absolute Gasteiger partial charge is 0.329 e. The Bertz CT molecular complexity index is 942. The van der Waals surface area contributed by atoms with Gasteiger partial charge in [0.2, 0.25) is 11.8 Å². The van der Waals surface area contributed by atoms with Gasteiger partial charge in [0.25, 0.3) is 0 Å². The number of amides is 2. The van der Waals surface area contributed by atoms with Gasteiger partial charge in [0.05, 0.1) is 12.0 Å². The maximum atomic E-state index is 13.6. The fraction of sp³-hybridized carbons (Fsp3) is 0.556. The molecule has 1 aromatic rings. The van der Waals surface area contributed by atoms with Gasteiger partial charge in [0, 0.05) is 13.0 Å². The number of benzene rings is 1. The van der Waals surface area contributed by atoms with Crippen LogP contribution >= 0.6 is 0 Å². The summed E-state index contributed by atoms with van der Waals surface area (Å²) in [5.74, 6) is -2.26. The lowest BCUT2D eigenvalue weighted by atomic mass is 9.94. The molecule has 2 aliphatic heterocycles. The topological polar surface area (TPSA) is 92.8 Å². The van der Waals surface area contributed by atoms with Crippen LogP contribution < -0.4 is 5.32 Å². The highest BCUT2D eigenvalue weighted by Crippen LogP contribution is 2.23. The summed E-state index contributed by atoms with van der Waals surface area (Å²) in [7, 11) is 0. The number of nitrogens with zero attached hydrogens (tertiary/aromatic N) is 1. The highest BCUT2D eigenvalue weighted by atomic mass is 16.5.